The fourth-order valence-corrected chi connectivity index (χ4v) is 5.26. The van der Waals surface area contributed by atoms with E-state index in [0.29, 0.717) is 19.1 Å². The second kappa shape index (κ2) is 8.72. The number of amidine groups is 1. The van der Waals surface area contributed by atoms with E-state index in [2.05, 4.69) is 16.3 Å². The molecule has 1 atom stereocenters. The summed E-state index contributed by atoms with van der Waals surface area (Å²) in [5.74, 6) is 0.993. The molecule has 166 valence electrons. The molecule has 1 amide bonds. The fraction of sp³-hybridized carbons (Fsp3) is 0.385. The molecule has 1 fully saturated rings. The van der Waals surface area contributed by atoms with Gasteiger partial charge in [0.15, 0.2) is 0 Å². The first-order valence-corrected chi connectivity index (χ1v) is 11.7. The SMILES string of the molecule is COC1CCN(C2=NCc3c2cc2c(c3Cl)CC(C(=O)N[C@H](C)c3ccccc3)=C2)CC1. The van der Waals surface area contributed by atoms with E-state index >= 15 is 0 Å². The van der Waals surface area contributed by atoms with Gasteiger partial charge in [-0.2, -0.15) is 0 Å². The zero-order valence-corrected chi connectivity index (χ0v) is 19.3. The van der Waals surface area contributed by atoms with Crippen LogP contribution >= 0.6 is 11.6 Å². The number of ether oxygens (including phenoxy) is 1. The lowest BCUT2D eigenvalue weighted by Gasteiger charge is -2.33. The summed E-state index contributed by atoms with van der Waals surface area (Å²) >= 11 is 6.84. The number of nitrogens with zero attached hydrogens (tertiary/aromatic N) is 2. The first-order valence-electron chi connectivity index (χ1n) is 11.3. The molecule has 1 aliphatic carbocycles. The molecule has 5 rings (SSSR count). The Kier molecular flexibility index (Phi) is 5.78. The van der Waals surface area contributed by atoms with Crippen molar-refractivity contribution < 1.29 is 9.53 Å². The Labute approximate surface area is 194 Å². The predicted molar refractivity (Wildman–Crippen MR) is 128 cm³/mol. The number of amides is 1. The van der Waals surface area contributed by atoms with Gasteiger partial charge >= 0.3 is 0 Å². The molecule has 5 nitrogen and oxygen atoms in total. The van der Waals surface area contributed by atoms with Crippen molar-refractivity contribution in [3.8, 4) is 0 Å². The van der Waals surface area contributed by atoms with Crippen molar-refractivity contribution in [1.82, 2.24) is 10.2 Å². The number of hydrogen-bond donors (Lipinski definition) is 1. The Morgan fingerprint density at radius 2 is 1.97 bits per heavy atom. The number of aliphatic imine (C=N–C) groups is 1. The topological polar surface area (TPSA) is 53.9 Å². The van der Waals surface area contributed by atoms with Crippen LogP contribution in [0.25, 0.3) is 6.08 Å². The van der Waals surface area contributed by atoms with Gasteiger partial charge in [0.25, 0.3) is 0 Å². The van der Waals surface area contributed by atoms with Gasteiger partial charge in [-0.25, -0.2) is 0 Å². The number of benzene rings is 2. The van der Waals surface area contributed by atoms with Gasteiger partial charge in [-0.3, -0.25) is 9.79 Å². The van der Waals surface area contributed by atoms with Crippen LogP contribution < -0.4 is 5.32 Å². The van der Waals surface area contributed by atoms with Crippen molar-refractivity contribution in [1.29, 1.82) is 0 Å². The van der Waals surface area contributed by atoms with Crippen LogP contribution in [-0.2, 0) is 22.5 Å². The number of carbonyl (C=O) groups is 1. The van der Waals surface area contributed by atoms with Gasteiger partial charge in [0.05, 0.1) is 23.7 Å². The van der Waals surface area contributed by atoms with E-state index in [1.54, 1.807) is 7.11 Å². The summed E-state index contributed by atoms with van der Waals surface area (Å²) in [6, 6.07) is 12.1. The summed E-state index contributed by atoms with van der Waals surface area (Å²) in [7, 11) is 1.78. The molecule has 1 N–H and O–H groups in total. The van der Waals surface area contributed by atoms with E-state index in [1.165, 1.54) is 0 Å². The fourth-order valence-electron chi connectivity index (χ4n) is 4.92. The lowest BCUT2D eigenvalue weighted by molar-refractivity contribution is -0.118. The lowest BCUT2D eigenvalue weighted by atomic mass is 9.98. The highest BCUT2D eigenvalue weighted by Crippen LogP contribution is 2.39. The van der Waals surface area contributed by atoms with Crippen molar-refractivity contribution >= 4 is 29.4 Å². The zero-order chi connectivity index (χ0) is 22.2. The molecule has 2 aromatic carbocycles. The minimum atomic E-state index is -0.0532. The zero-order valence-electron chi connectivity index (χ0n) is 18.5. The van der Waals surface area contributed by atoms with Gasteiger partial charge in [-0.15, -0.1) is 0 Å². The third kappa shape index (κ3) is 3.84. The van der Waals surface area contributed by atoms with E-state index in [4.69, 9.17) is 21.3 Å². The maximum absolute atomic E-state index is 13.0. The number of nitrogens with one attached hydrogen (secondary N) is 1. The number of hydrogen-bond acceptors (Lipinski definition) is 4. The maximum atomic E-state index is 13.0. The molecule has 0 spiro atoms. The molecule has 0 saturated carbocycles. The Morgan fingerprint density at radius 3 is 2.69 bits per heavy atom. The highest BCUT2D eigenvalue weighted by molar-refractivity contribution is 6.33. The molecule has 6 heteroatoms. The highest BCUT2D eigenvalue weighted by atomic mass is 35.5. The third-order valence-electron chi connectivity index (χ3n) is 6.84. The third-order valence-corrected chi connectivity index (χ3v) is 7.30. The maximum Gasteiger partial charge on any atom is 0.248 e. The molecule has 2 aliphatic heterocycles. The first-order chi connectivity index (χ1) is 15.5. The Bertz CT molecular complexity index is 1100. The molecular weight excluding hydrogens is 422 g/mol. The normalized spacial score (nSPS) is 18.7. The van der Waals surface area contributed by atoms with Gasteiger partial charge in [-0.1, -0.05) is 41.9 Å². The summed E-state index contributed by atoms with van der Waals surface area (Å²) in [5.41, 5.74) is 6.12. The summed E-state index contributed by atoms with van der Waals surface area (Å²) in [6.07, 6.45) is 4.89. The number of piperidine rings is 1. The number of methoxy groups -OCH3 is 1. The van der Waals surface area contributed by atoms with E-state index < -0.39 is 0 Å². The van der Waals surface area contributed by atoms with Gasteiger partial charge < -0.3 is 15.0 Å². The van der Waals surface area contributed by atoms with Crippen LogP contribution in [0.5, 0.6) is 0 Å². The minimum Gasteiger partial charge on any atom is -0.381 e. The average Bonchev–Trinajstić information content (AvgIpc) is 3.45. The quantitative estimate of drug-likeness (QED) is 0.746. The molecule has 0 radical (unpaired) electrons. The predicted octanol–water partition coefficient (Wildman–Crippen LogP) is 4.53. The van der Waals surface area contributed by atoms with Crippen molar-refractivity contribution in [2.24, 2.45) is 4.99 Å². The molecule has 0 unspecified atom stereocenters. The molecule has 2 heterocycles. The Hall–Kier alpha value is -2.63. The summed E-state index contributed by atoms with van der Waals surface area (Å²) in [4.78, 5) is 20.1. The monoisotopic (exact) mass is 449 g/mol. The smallest absolute Gasteiger partial charge is 0.248 e. The number of likely N-dealkylation sites (tertiary alicyclic amines) is 1. The second-order valence-corrected chi connectivity index (χ2v) is 9.18. The Morgan fingerprint density at radius 1 is 1.22 bits per heavy atom. The van der Waals surface area contributed by atoms with Crippen LogP contribution in [0.15, 0.2) is 47.0 Å². The molecule has 0 aromatic heterocycles. The van der Waals surface area contributed by atoms with Gasteiger partial charge in [-0.05, 0) is 48.6 Å². The van der Waals surface area contributed by atoms with Crippen LogP contribution in [0.3, 0.4) is 0 Å². The summed E-state index contributed by atoms with van der Waals surface area (Å²) < 4.78 is 5.51. The van der Waals surface area contributed by atoms with Crippen molar-refractivity contribution in [3.63, 3.8) is 0 Å². The summed E-state index contributed by atoms with van der Waals surface area (Å²) in [5, 5.41) is 3.89. The standard InChI is InChI=1S/C26H28ClN3O2/c1-16(17-6-4-3-5-7-17)29-26(31)19-12-18-13-22-23(24(27)21(18)14-19)15-28-25(22)30-10-8-20(32-2)9-11-30/h3-7,12-13,16,20H,8-11,14-15H2,1-2H3,(H,29,31)/t16-/m1/s1. The molecule has 2 aromatic rings. The average molecular weight is 450 g/mol. The number of fused-ring (bicyclic) bond motifs is 2. The molecule has 32 heavy (non-hydrogen) atoms. The van der Waals surface area contributed by atoms with E-state index in [9.17, 15) is 4.79 Å². The molecule has 1 saturated heterocycles. The van der Waals surface area contributed by atoms with Gasteiger partial charge in [0.2, 0.25) is 5.91 Å². The van der Waals surface area contributed by atoms with E-state index in [0.717, 1.165) is 70.2 Å². The first kappa shape index (κ1) is 21.2. The van der Waals surface area contributed by atoms with E-state index in [1.807, 2.05) is 43.3 Å². The van der Waals surface area contributed by atoms with Crippen LogP contribution in [0.1, 0.15) is 53.6 Å². The van der Waals surface area contributed by atoms with Crippen LogP contribution in [0.4, 0.5) is 0 Å². The second-order valence-electron chi connectivity index (χ2n) is 8.80. The highest BCUT2D eigenvalue weighted by Gasteiger charge is 2.31. The molecular formula is C26H28ClN3O2. The molecule has 3 aliphatic rings. The summed E-state index contributed by atoms with van der Waals surface area (Å²) in [6.45, 7) is 4.49. The minimum absolute atomic E-state index is 0.0377. The van der Waals surface area contributed by atoms with Crippen LogP contribution in [-0.4, -0.2) is 42.9 Å². The number of rotatable bonds is 4. The van der Waals surface area contributed by atoms with Crippen LogP contribution in [0, 0.1) is 0 Å². The van der Waals surface area contributed by atoms with Crippen molar-refractivity contribution in [2.45, 2.75) is 44.9 Å². The van der Waals surface area contributed by atoms with Gasteiger partial charge in [0.1, 0.15) is 5.84 Å². The lowest BCUT2D eigenvalue weighted by Crippen LogP contribution is -2.40. The number of carbonyl (C=O) groups excluding carboxylic acids is 1. The number of halogens is 1. The molecule has 0 bridgehead atoms. The Balaban J connectivity index is 1.34. The van der Waals surface area contributed by atoms with Gasteiger partial charge in [0, 0.05) is 43.3 Å². The van der Waals surface area contributed by atoms with Crippen molar-refractivity contribution in [3.05, 3.63) is 74.8 Å². The van der Waals surface area contributed by atoms with Crippen LogP contribution in [0.2, 0.25) is 5.02 Å². The van der Waals surface area contributed by atoms with Crippen molar-refractivity contribution in [2.75, 3.05) is 20.2 Å². The largest absolute Gasteiger partial charge is 0.381 e. The van der Waals surface area contributed by atoms with E-state index in [-0.39, 0.29) is 11.9 Å².